The molecule has 1 N–H and O–H groups in total. The van der Waals surface area contributed by atoms with Gasteiger partial charge in [-0.1, -0.05) is 24.3 Å². The van der Waals surface area contributed by atoms with Gasteiger partial charge >= 0.3 is 6.03 Å². The molecule has 0 spiro atoms. The first-order valence-corrected chi connectivity index (χ1v) is 10.3. The zero-order valence-electron chi connectivity index (χ0n) is 16.1. The van der Waals surface area contributed by atoms with Crippen molar-refractivity contribution in [3.05, 3.63) is 53.5 Å². The van der Waals surface area contributed by atoms with Gasteiger partial charge in [-0.25, -0.2) is 9.78 Å². The summed E-state index contributed by atoms with van der Waals surface area (Å²) in [7, 11) is 1.80. The molecule has 146 valence electrons. The Hall–Kier alpha value is -2.80. The minimum absolute atomic E-state index is 0.0620. The highest BCUT2D eigenvalue weighted by Gasteiger charge is 2.26. The number of hydrogen-bond acceptors (Lipinski definition) is 5. The van der Waals surface area contributed by atoms with Crippen molar-refractivity contribution >= 4 is 33.3 Å². The molecular weight excluding hydrogens is 372 g/mol. The fourth-order valence-corrected chi connectivity index (χ4v) is 4.35. The number of anilines is 1. The molecule has 6 nitrogen and oxygen atoms in total. The van der Waals surface area contributed by atoms with E-state index in [1.165, 1.54) is 0 Å². The molecule has 2 aromatic carbocycles. The van der Waals surface area contributed by atoms with Crippen LogP contribution < -0.4 is 15.0 Å². The molecule has 0 saturated heterocycles. The quantitative estimate of drug-likeness (QED) is 0.714. The van der Waals surface area contributed by atoms with E-state index in [0.29, 0.717) is 13.1 Å². The third-order valence-electron chi connectivity index (χ3n) is 4.86. The molecule has 3 aromatic rings. The Morgan fingerprint density at radius 1 is 1.29 bits per heavy atom. The van der Waals surface area contributed by atoms with Crippen LogP contribution in [0.1, 0.15) is 11.9 Å². The van der Waals surface area contributed by atoms with Gasteiger partial charge in [0.2, 0.25) is 0 Å². The van der Waals surface area contributed by atoms with E-state index in [0.717, 1.165) is 39.8 Å². The highest BCUT2D eigenvalue weighted by atomic mass is 32.1. The van der Waals surface area contributed by atoms with Crippen molar-refractivity contribution in [3.8, 4) is 5.75 Å². The van der Waals surface area contributed by atoms with Crippen LogP contribution in [-0.4, -0.2) is 48.7 Å². The lowest BCUT2D eigenvalue weighted by Gasteiger charge is -2.37. The van der Waals surface area contributed by atoms with Gasteiger partial charge in [-0.15, -0.1) is 11.3 Å². The highest BCUT2D eigenvalue weighted by Crippen LogP contribution is 2.32. The Morgan fingerprint density at radius 3 is 2.89 bits per heavy atom. The number of fused-ring (bicyclic) bond motifs is 2. The number of carbonyl (C=O) groups excluding carboxylic acids is 1. The smallest absolute Gasteiger partial charge is 0.317 e. The summed E-state index contributed by atoms with van der Waals surface area (Å²) in [6, 6.07) is 15.9. The van der Waals surface area contributed by atoms with E-state index < -0.39 is 0 Å². The van der Waals surface area contributed by atoms with Crippen LogP contribution in [0, 0.1) is 0 Å². The van der Waals surface area contributed by atoms with Crippen LogP contribution in [0.25, 0.3) is 10.2 Å². The third kappa shape index (κ3) is 3.89. The number of benzene rings is 2. The molecule has 1 aliphatic rings. The van der Waals surface area contributed by atoms with Gasteiger partial charge in [-0.3, -0.25) is 0 Å². The maximum atomic E-state index is 12.5. The van der Waals surface area contributed by atoms with E-state index in [4.69, 9.17) is 4.74 Å². The van der Waals surface area contributed by atoms with E-state index >= 15 is 0 Å². The Labute approximate surface area is 168 Å². The summed E-state index contributed by atoms with van der Waals surface area (Å²) in [5.74, 6) is 0.879. The fraction of sp³-hybridized carbons (Fsp3) is 0.333. The van der Waals surface area contributed by atoms with E-state index in [1.54, 1.807) is 23.3 Å². The zero-order chi connectivity index (χ0) is 19.5. The molecule has 28 heavy (non-hydrogen) atoms. The minimum atomic E-state index is -0.121. The molecule has 0 bridgehead atoms. The highest BCUT2D eigenvalue weighted by molar-refractivity contribution is 7.18. The number of nitrogens with one attached hydrogen (secondary N) is 1. The summed E-state index contributed by atoms with van der Waals surface area (Å²) < 4.78 is 7.25. The largest absolute Gasteiger partial charge is 0.485 e. The number of thiazole rings is 1. The molecule has 0 aliphatic carbocycles. The zero-order valence-corrected chi connectivity index (χ0v) is 16.9. The van der Waals surface area contributed by atoms with Gasteiger partial charge < -0.3 is 19.9 Å². The summed E-state index contributed by atoms with van der Waals surface area (Å²) in [5, 5.41) is 3.86. The Bertz CT molecular complexity index is 941. The van der Waals surface area contributed by atoms with Gasteiger partial charge in [0.05, 0.1) is 35.5 Å². The normalized spacial score (nSPS) is 15.8. The molecule has 2 heterocycles. The fourth-order valence-electron chi connectivity index (χ4n) is 3.44. The van der Waals surface area contributed by atoms with Crippen molar-refractivity contribution in [2.75, 3.05) is 31.6 Å². The van der Waals surface area contributed by atoms with Crippen LogP contribution >= 0.6 is 11.3 Å². The van der Waals surface area contributed by atoms with E-state index in [9.17, 15) is 4.79 Å². The van der Waals surface area contributed by atoms with Crippen molar-refractivity contribution < 1.29 is 9.53 Å². The number of ether oxygens (including phenoxy) is 1. The average Bonchev–Trinajstić information content (AvgIpc) is 3.14. The van der Waals surface area contributed by atoms with Gasteiger partial charge in [0.1, 0.15) is 16.9 Å². The van der Waals surface area contributed by atoms with Crippen LogP contribution in [0.15, 0.2) is 48.5 Å². The maximum absolute atomic E-state index is 12.5. The van der Waals surface area contributed by atoms with Crippen molar-refractivity contribution in [3.63, 3.8) is 0 Å². The molecule has 0 unspecified atom stereocenters. The first-order valence-electron chi connectivity index (χ1n) is 9.48. The molecule has 1 aliphatic heterocycles. The third-order valence-corrected chi connectivity index (χ3v) is 5.89. The lowest BCUT2D eigenvalue weighted by Crippen LogP contribution is -2.48. The standard InChI is InChI=1S/C21H24N4O2S/c1-3-25-14-15(27-18-10-6-5-9-17(18)25)13-24(2)21(26)22-12-20-23-16-8-4-7-11-19(16)28-20/h4-11,15H,3,12-14H2,1-2H3,(H,22,26)/t15-/m0/s1. The Morgan fingerprint density at radius 2 is 2.07 bits per heavy atom. The first kappa shape index (κ1) is 18.6. The van der Waals surface area contributed by atoms with Crippen LogP contribution in [-0.2, 0) is 6.54 Å². The predicted octanol–water partition coefficient (Wildman–Crippen LogP) is 3.73. The van der Waals surface area contributed by atoms with Crippen molar-refractivity contribution in [2.45, 2.75) is 19.6 Å². The maximum Gasteiger partial charge on any atom is 0.317 e. The summed E-state index contributed by atoms with van der Waals surface area (Å²) in [6.07, 6.45) is -0.0620. The van der Waals surface area contributed by atoms with E-state index in [-0.39, 0.29) is 12.1 Å². The monoisotopic (exact) mass is 396 g/mol. The van der Waals surface area contributed by atoms with E-state index in [2.05, 4.69) is 28.2 Å². The average molecular weight is 397 g/mol. The Kier molecular flexibility index (Phi) is 5.34. The SMILES string of the molecule is CCN1C[C@H](CN(C)C(=O)NCc2nc3ccccc3s2)Oc2ccccc21. The van der Waals surface area contributed by atoms with Gasteiger partial charge in [0.25, 0.3) is 0 Å². The second-order valence-electron chi connectivity index (χ2n) is 6.86. The molecule has 1 atom stereocenters. The second kappa shape index (κ2) is 8.06. The van der Waals surface area contributed by atoms with E-state index in [1.807, 2.05) is 42.5 Å². The summed E-state index contributed by atoms with van der Waals surface area (Å²) in [4.78, 5) is 21.1. The number of rotatable bonds is 5. The molecular formula is C21H24N4O2S. The van der Waals surface area contributed by atoms with Crippen LogP contribution in [0.3, 0.4) is 0 Å². The van der Waals surface area contributed by atoms with Crippen LogP contribution in [0.4, 0.5) is 10.5 Å². The van der Waals surface area contributed by atoms with Gasteiger partial charge in [-0.2, -0.15) is 0 Å². The van der Waals surface area contributed by atoms with Gasteiger partial charge in [0, 0.05) is 13.6 Å². The second-order valence-corrected chi connectivity index (χ2v) is 7.98. The van der Waals surface area contributed by atoms with Crippen molar-refractivity contribution in [1.82, 2.24) is 15.2 Å². The molecule has 2 amide bonds. The topological polar surface area (TPSA) is 57.7 Å². The van der Waals surface area contributed by atoms with Gasteiger partial charge in [-0.05, 0) is 31.2 Å². The molecule has 7 heteroatoms. The molecule has 1 aromatic heterocycles. The number of hydrogen-bond donors (Lipinski definition) is 1. The molecule has 4 rings (SSSR count). The number of urea groups is 1. The lowest BCUT2D eigenvalue weighted by molar-refractivity contribution is 0.145. The lowest BCUT2D eigenvalue weighted by atomic mass is 10.2. The van der Waals surface area contributed by atoms with Crippen LogP contribution in [0.2, 0.25) is 0 Å². The number of aromatic nitrogens is 1. The number of carbonyl (C=O) groups is 1. The van der Waals surface area contributed by atoms with Crippen molar-refractivity contribution in [1.29, 1.82) is 0 Å². The predicted molar refractivity (Wildman–Crippen MR) is 113 cm³/mol. The number of likely N-dealkylation sites (N-methyl/N-ethyl adjacent to an activating group) is 2. The van der Waals surface area contributed by atoms with Gasteiger partial charge in [0.15, 0.2) is 0 Å². The Balaban J connectivity index is 1.34. The summed E-state index contributed by atoms with van der Waals surface area (Å²) >= 11 is 1.61. The molecule has 0 fully saturated rings. The minimum Gasteiger partial charge on any atom is -0.485 e. The summed E-state index contributed by atoms with van der Waals surface area (Å²) in [5.41, 5.74) is 2.09. The molecule has 0 saturated carbocycles. The number of amides is 2. The summed E-state index contributed by atoms with van der Waals surface area (Å²) in [6.45, 7) is 4.76. The van der Waals surface area contributed by atoms with Crippen LogP contribution in [0.5, 0.6) is 5.75 Å². The number of nitrogens with zero attached hydrogens (tertiary/aromatic N) is 3. The number of para-hydroxylation sites is 3. The first-order chi connectivity index (χ1) is 13.6. The van der Waals surface area contributed by atoms with Crippen molar-refractivity contribution in [2.24, 2.45) is 0 Å². The molecule has 0 radical (unpaired) electrons.